The minimum Gasteiger partial charge on any atom is -0.314 e. The van der Waals surface area contributed by atoms with Crippen LogP contribution in [0.15, 0.2) is 18.2 Å². The van der Waals surface area contributed by atoms with E-state index in [4.69, 9.17) is 0 Å². The second-order valence-corrected chi connectivity index (χ2v) is 6.50. The smallest absolute Gasteiger partial charge is 0.314 e. The molecule has 24 heavy (non-hydrogen) atoms. The number of piperazine rings is 1. The molecule has 1 atom stereocenters. The molecule has 2 nitrogen and oxygen atoms in total. The Labute approximate surface area is 146 Å². The number of rotatable bonds is 3. The number of nitrogens with one attached hydrogen (secondary N) is 1. The Morgan fingerprint density at radius 2 is 1.71 bits per heavy atom. The van der Waals surface area contributed by atoms with Crippen LogP contribution in [0.5, 0.6) is 0 Å². The van der Waals surface area contributed by atoms with Crippen LogP contribution in [0, 0.1) is 11.7 Å². The third kappa shape index (κ3) is 4.21. The molecule has 2 fully saturated rings. The summed E-state index contributed by atoms with van der Waals surface area (Å²) in [7, 11) is 0. The van der Waals surface area contributed by atoms with Gasteiger partial charge in [0, 0.05) is 32.2 Å². The van der Waals surface area contributed by atoms with Gasteiger partial charge < -0.3 is 5.32 Å². The molecule has 1 aromatic carbocycles. The third-order valence-electron chi connectivity index (χ3n) is 5.03. The van der Waals surface area contributed by atoms with E-state index >= 15 is 0 Å². The molecule has 7 heteroatoms. The van der Waals surface area contributed by atoms with E-state index in [1.807, 2.05) is 0 Å². The predicted molar refractivity (Wildman–Crippen MR) is 87.8 cm³/mol. The van der Waals surface area contributed by atoms with E-state index in [0.717, 1.165) is 57.9 Å². The summed E-state index contributed by atoms with van der Waals surface area (Å²) in [5, 5.41) is 3.24. The van der Waals surface area contributed by atoms with Crippen LogP contribution in [-0.4, -0.2) is 31.1 Å². The molecular weight excluding hydrogens is 344 g/mol. The van der Waals surface area contributed by atoms with Crippen LogP contribution in [0.3, 0.4) is 0 Å². The summed E-state index contributed by atoms with van der Waals surface area (Å²) in [5.74, 6) is -0.605. The van der Waals surface area contributed by atoms with Crippen molar-refractivity contribution in [3.63, 3.8) is 0 Å². The molecule has 2 aliphatic rings. The lowest BCUT2D eigenvalue weighted by molar-refractivity contribution is -0.139. The Balaban J connectivity index is 0.00000208. The fourth-order valence-corrected chi connectivity index (χ4v) is 4.01. The Morgan fingerprint density at radius 1 is 1.08 bits per heavy atom. The Kier molecular flexibility index (Phi) is 6.51. The molecule has 0 spiro atoms. The van der Waals surface area contributed by atoms with Crippen molar-refractivity contribution in [2.45, 2.75) is 37.9 Å². The van der Waals surface area contributed by atoms with Gasteiger partial charge in [-0.1, -0.05) is 18.9 Å². The van der Waals surface area contributed by atoms with Gasteiger partial charge in [-0.2, -0.15) is 13.2 Å². The zero-order chi connectivity index (χ0) is 16.4. The molecule has 136 valence electrons. The van der Waals surface area contributed by atoms with Gasteiger partial charge >= 0.3 is 6.18 Å². The molecule has 1 aliphatic heterocycles. The highest BCUT2D eigenvalue weighted by Crippen LogP contribution is 2.44. The maximum atomic E-state index is 13.4. The van der Waals surface area contributed by atoms with Gasteiger partial charge in [-0.05, 0) is 36.5 Å². The zero-order valence-corrected chi connectivity index (χ0v) is 14.2. The van der Waals surface area contributed by atoms with E-state index < -0.39 is 17.6 Å². The van der Waals surface area contributed by atoms with Crippen LogP contribution in [0.25, 0.3) is 0 Å². The van der Waals surface area contributed by atoms with Gasteiger partial charge in [0.05, 0.1) is 5.56 Å². The summed E-state index contributed by atoms with van der Waals surface area (Å²) in [6, 6.07) is 2.90. The lowest BCUT2D eigenvalue weighted by Crippen LogP contribution is -2.47. The van der Waals surface area contributed by atoms with Crippen molar-refractivity contribution < 1.29 is 17.6 Å². The molecule has 1 aliphatic carbocycles. The number of halogens is 5. The predicted octanol–water partition coefficient (Wildman–Crippen LogP) is 4.40. The second-order valence-electron chi connectivity index (χ2n) is 6.50. The minimum atomic E-state index is -4.53. The van der Waals surface area contributed by atoms with Gasteiger partial charge in [0.2, 0.25) is 0 Å². The van der Waals surface area contributed by atoms with Crippen LogP contribution in [0.4, 0.5) is 17.6 Å². The van der Waals surface area contributed by atoms with E-state index in [9.17, 15) is 17.6 Å². The van der Waals surface area contributed by atoms with Crippen molar-refractivity contribution in [1.82, 2.24) is 10.2 Å². The molecule has 0 radical (unpaired) electrons. The summed E-state index contributed by atoms with van der Waals surface area (Å²) in [6.07, 6.45) is -0.500. The van der Waals surface area contributed by atoms with Gasteiger partial charge in [0.15, 0.2) is 0 Å². The highest BCUT2D eigenvalue weighted by atomic mass is 35.5. The average Bonchev–Trinajstić information content (AvgIpc) is 3.03. The standard InChI is InChI=1S/C17H22F4N2.ClH/c18-13-5-6-14(15(11-13)17(19,20)21)16(12-3-1-2-4-12)23-9-7-22-8-10-23;/h5-6,11-12,16,22H,1-4,7-10H2;1H/t16-;/m0./s1. The quantitative estimate of drug-likeness (QED) is 0.797. The molecule has 1 saturated heterocycles. The molecule has 1 aromatic rings. The average molecular weight is 367 g/mol. The number of hydrogen-bond acceptors (Lipinski definition) is 2. The van der Waals surface area contributed by atoms with Crippen LogP contribution in [0.2, 0.25) is 0 Å². The molecule has 0 bridgehead atoms. The summed E-state index contributed by atoms with van der Waals surface area (Å²) in [4.78, 5) is 2.15. The Morgan fingerprint density at radius 3 is 2.29 bits per heavy atom. The van der Waals surface area contributed by atoms with Gasteiger partial charge in [0.25, 0.3) is 0 Å². The maximum Gasteiger partial charge on any atom is 0.416 e. The summed E-state index contributed by atoms with van der Waals surface area (Å²) in [6.45, 7) is 3.03. The largest absolute Gasteiger partial charge is 0.416 e. The molecule has 3 rings (SSSR count). The van der Waals surface area contributed by atoms with Gasteiger partial charge in [-0.25, -0.2) is 4.39 Å². The zero-order valence-electron chi connectivity index (χ0n) is 13.4. The molecular formula is C17H23ClF4N2. The van der Waals surface area contributed by atoms with E-state index in [1.165, 1.54) is 6.07 Å². The molecule has 1 N–H and O–H groups in total. The molecule has 0 amide bonds. The van der Waals surface area contributed by atoms with Gasteiger partial charge in [0.1, 0.15) is 5.82 Å². The number of alkyl halides is 3. The van der Waals surface area contributed by atoms with E-state index in [-0.39, 0.29) is 29.9 Å². The summed E-state index contributed by atoms with van der Waals surface area (Å²) in [5.41, 5.74) is -0.569. The topological polar surface area (TPSA) is 15.3 Å². The van der Waals surface area contributed by atoms with Crippen LogP contribution in [-0.2, 0) is 6.18 Å². The highest BCUT2D eigenvalue weighted by molar-refractivity contribution is 5.85. The molecule has 0 aromatic heterocycles. The van der Waals surface area contributed by atoms with E-state index in [1.54, 1.807) is 0 Å². The number of benzene rings is 1. The van der Waals surface area contributed by atoms with E-state index in [0.29, 0.717) is 6.07 Å². The Hall–Kier alpha value is -0.850. The van der Waals surface area contributed by atoms with Crippen LogP contribution in [0.1, 0.15) is 42.9 Å². The highest BCUT2D eigenvalue weighted by Gasteiger charge is 2.40. The van der Waals surface area contributed by atoms with Crippen molar-refractivity contribution in [2.75, 3.05) is 26.2 Å². The molecule has 1 saturated carbocycles. The first kappa shape index (κ1) is 19.5. The molecule has 0 unspecified atom stereocenters. The van der Waals surface area contributed by atoms with Gasteiger partial charge in [-0.15, -0.1) is 12.4 Å². The van der Waals surface area contributed by atoms with Crippen molar-refractivity contribution in [1.29, 1.82) is 0 Å². The lowest BCUT2D eigenvalue weighted by Gasteiger charge is -2.39. The summed E-state index contributed by atoms with van der Waals surface area (Å²) >= 11 is 0. The summed E-state index contributed by atoms with van der Waals surface area (Å²) < 4.78 is 53.8. The SMILES string of the molecule is Cl.Fc1ccc([C@H](C2CCCC2)N2CCNCC2)c(C(F)(F)F)c1. The van der Waals surface area contributed by atoms with Crippen molar-refractivity contribution in [2.24, 2.45) is 5.92 Å². The monoisotopic (exact) mass is 366 g/mol. The first-order chi connectivity index (χ1) is 11.0. The van der Waals surface area contributed by atoms with Gasteiger partial charge in [-0.3, -0.25) is 4.90 Å². The maximum absolute atomic E-state index is 13.4. The number of nitrogens with zero attached hydrogens (tertiary/aromatic N) is 1. The third-order valence-corrected chi connectivity index (χ3v) is 5.03. The Bertz CT molecular complexity index is 538. The first-order valence-electron chi connectivity index (χ1n) is 8.28. The van der Waals surface area contributed by atoms with Crippen LogP contribution < -0.4 is 5.32 Å². The van der Waals surface area contributed by atoms with Crippen molar-refractivity contribution in [3.8, 4) is 0 Å². The normalized spacial score (nSPS) is 21.5. The second kappa shape index (κ2) is 8.02. The van der Waals surface area contributed by atoms with Crippen LogP contribution >= 0.6 is 12.4 Å². The van der Waals surface area contributed by atoms with Crippen molar-refractivity contribution >= 4 is 12.4 Å². The molecule has 1 heterocycles. The van der Waals surface area contributed by atoms with Crippen molar-refractivity contribution in [3.05, 3.63) is 35.1 Å². The fourth-order valence-electron chi connectivity index (χ4n) is 4.01. The fraction of sp³-hybridized carbons (Fsp3) is 0.647. The minimum absolute atomic E-state index is 0. The number of hydrogen-bond donors (Lipinski definition) is 1. The van der Waals surface area contributed by atoms with E-state index in [2.05, 4.69) is 10.2 Å². The lowest BCUT2D eigenvalue weighted by atomic mass is 9.87. The first-order valence-corrected chi connectivity index (χ1v) is 8.28.